The zero-order chi connectivity index (χ0) is 19.4. The van der Waals surface area contributed by atoms with Crippen LogP contribution in [0.4, 0.5) is 5.69 Å². The lowest BCUT2D eigenvalue weighted by atomic mass is 10.1. The summed E-state index contributed by atoms with van der Waals surface area (Å²) in [6.45, 7) is 3.24. The second-order valence-electron chi connectivity index (χ2n) is 6.40. The van der Waals surface area contributed by atoms with Crippen LogP contribution in [0.2, 0.25) is 5.02 Å². The minimum atomic E-state index is -0.367. The number of rotatable bonds is 6. The van der Waals surface area contributed by atoms with Crippen molar-refractivity contribution in [2.75, 3.05) is 19.0 Å². The van der Waals surface area contributed by atoms with Crippen molar-refractivity contribution in [2.45, 2.75) is 39.2 Å². The van der Waals surface area contributed by atoms with Gasteiger partial charge in [-0.15, -0.1) is 0 Å². The average molecular weight is 391 g/mol. The van der Waals surface area contributed by atoms with Crippen molar-refractivity contribution in [3.8, 4) is 5.75 Å². The Morgan fingerprint density at radius 3 is 2.81 bits per heavy atom. The van der Waals surface area contributed by atoms with Crippen molar-refractivity contribution in [3.05, 3.63) is 40.4 Å². The fraction of sp³-hybridized carbons (Fsp3) is 0.421. The number of carbonyl (C=O) groups excluding carboxylic acids is 2. The first-order chi connectivity index (χ1) is 13.0. The van der Waals surface area contributed by atoms with Crippen LogP contribution in [0, 0.1) is 0 Å². The lowest BCUT2D eigenvalue weighted by molar-refractivity contribution is 0.0947. The van der Waals surface area contributed by atoms with Crippen LogP contribution in [0.15, 0.2) is 18.2 Å². The lowest BCUT2D eigenvalue weighted by Crippen LogP contribution is -2.26. The maximum absolute atomic E-state index is 12.8. The van der Waals surface area contributed by atoms with Crippen LogP contribution in [-0.4, -0.2) is 35.0 Å². The molecule has 0 spiro atoms. The number of imidazole rings is 1. The van der Waals surface area contributed by atoms with E-state index in [4.69, 9.17) is 16.3 Å². The molecular formula is C19H23ClN4O3. The van der Waals surface area contributed by atoms with Crippen LogP contribution in [0.1, 0.15) is 53.0 Å². The number of hydrogen-bond acceptors (Lipinski definition) is 4. The van der Waals surface area contributed by atoms with Gasteiger partial charge in [-0.05, 0) is 43.9 Å². The second kappa shape index (κ2) is 8.43. The first kappa shape index (κ1) is 19.2. The van der Waals surface area contributed by atoms with Crippen LogP contribution in [0.3, 0.4) is 0 Å². The van der Waals surface area contributed by atoms with Gasteiger partial charge in [-0.3, -0.25) is 9.59 Å². The summed E-state index contributed by atoms with van der Waals surface area (Å²) < 4.78 is 6.97. The average Bonchev–Trinajstić information content (AvgIpc) is 3.06. The molecule has 2 heterocycles. The Morgan fingerprint density at radius 2 is 2.11 bits per heavy atom. The Labute approximate surface area is 163 Å². The van der Waals surface area contributed by atoms with Gasteiger partial charge in [0, 0.05) is 18.8 Å². The van der Waals surface area contributed by atoms with Crippen molar-refractivity contribution in [1.29, 1.82) is 0 Å². The van der Waals surface area contributed by atoms with E-state index < -0.39 is 0 Å². The smallest absolute Gasteiger partial charge is 0.291 e. The molecule has 0 radical (unpaired) electrons. The number of hydrogen-bond donors (Lipinski definition) is 2. The van der Waals surface area contributed by atoms with E-state index >= 15 is 0 Å². The summed E-state index contributed by atoms with van der Waals surface area (Å²) in [6.07, 6.45) is 3.51. The highest BCUT2D eigenvalue weighted by Gasteiger charge is 2.27. The van der Waals surface area contributed by atoms with Gasteiger partial charge in [0.05, 0.1) is 17.8 Å². The molecule has 3 rings (SSSR count). The maximum atomic E-state index is 12.8. The molecule has 1 aliphatic heterocycles. The number of benzene rings is 1. The molecule has 1 aliphatic rings. The first-order valence-corrected chi connectivity index (χ1v) is 9.45. The third-order valence-electron chi connectivity index (χ3n) is 4.48. The molecule has 0 atom stereocenters. The summed E-state index contributed by atoms with van der Waals surface area (Å²) in [4.78, 5) is 29.6. The molecule has 8 heteroatoms. The molecular weight excluding hydrogens is 368 g/mol. The number of halogens is 1. The molecule has 0 bridgehead atoms. The molecule has 27 heavy (non-hydrogen) atoms. The van der Waals surface area contributed by atoms with Gasteiger partial charge in [0.2, 0.25) is 0 Å². The van der Waals surface area contributed by atoms with E-state index in [1.165, 1.54) is 7.11 Å². The third kappa shape index (κ3) is 4.08. The Balaban J connectivity index is 1.87. The minimum Gasteiger partial charge on any atom is -0.495 e. The molecule has 0 saturated carbocycles. The number of amides is 2. The minimum absolute atomic E-state index is 0.228. The predicted molar refractivity (Wildman–Crippen MR) is 104 cm³/mol. The summed E-state index contributed by atoms with van der Waals surface area (Å²) in [5, 5.41) is 6.05. The summed E-state index contributed by atoms with van der Waals surface area (Å²) in [5.41, 5.74) is 1.71. The Hall–Kier alpha value is -2.54. The molecule has 0 unspecified atom stereocenters. The highest BCUT2D eigenvalue weighted by atomic mass is 35.5. The van der Waals surface area contributed by atoms with Crippen LogP contribution >= 0.6 is 11.6 Å². The van der Waals surface area contributed by atoms with Gasteiger partial charge < -0.3 is 19.9 Å². The van der Waals surface area contributed by atoms with E-state index in [1.807, 2.05) is 11.5 Å². The van der Waals surface area contributed by atoms with Gasteiger partial charge in [-0.25, -0.2) is 4.98 Å². The van der Waals surface area contributed by atoms with Gasteiger partial charge >= 0.3 is 0 Å². The van der Waals surface area contributed by atoms with Crippen molar-refractivity contribution >= 4 is 29.1 Å². The van der Waals surface area contributed by atoms with Gasteiger partial charge in [0.15, 0.2) is 5.82 Å². The van der Waals surface area contributed by atoms with Gasteiger partial charge in [-0.1, -0.05) is 18.5 Å². The molecule has 0 aliphatic carbocycles. The van der Waals surface area contributed by atoms with E-state index in [0.29, 0.717) is 35.2 Å². The molecule has 0 saturated heterocycles. The third-order valence-corrected chi connectivity index (χ3v) is 4.78. The number of aromatic nitrogens is 2. The fourth-order valence-electron chi connectivity index (χ4n) is 3.15. The van der Waals surface area contributed by atoms with E-state index in [1.54, 1.807) is 18.2 Å². The van der Waals surface area contributed by atoms with E-state index in [2.05, 4.69) is 15.6 Å². The van der Waals surface area contributed by atoms with Crippen LogP contribution in [0.25, 0.3) is 0 Å². The second-order valence-corrected chi connectivity index (χ2v) is 6.81. The fourth-order valence-corrected chi connectivity index (χ4v) is 3.41. The number of nitrogens with zero attached hydrogens (tertiary/aromatic N) is 2. The molecule has 1 aromatic carbocycles. The van der Waals surface area contributed by atoms with Crippen molar-refractivity contribution in [1.82, 2.24) is 14.9 Å². The Bertz CT molecular complexity index is 863. The zero-order valence-corrected chi connectivity index (χ0v) is 16.2. The monoisotopic (exact) mass is 390 g/mol. The van der Waals surface area contributed by atoms with Gasteiger partial charge in [-0.2, -0.15) is 0 Å². The SMILES string of the molecule is CCCNC(=O)c1nc(C(=O)Nc2ccc(OC)c(Cl)c2)n2c1CCCC2. The number of methoxy groups -OCH3 is 1. The summed E-state index contributed by atoms with van der Waals surface area (Å²) >= 11 is 6.12. The molecule has 1 aromatic heterocycles. The topological polar surface area (TPSA) is 85.2 Å². The van der Waals surface area contributed by atoms with Crippen LogP contribution in [-0.2, 0) is 13.0 Å². The van der Waals surface area contributed by atoms with Crippen LogP contribution < -0.4 is 15.4 Å². The molecule has 2 amide bonds. The molecule has 7 nitrogen and oxygen atoms in total. The number of fused-ring (bicyclic) bond motifs is 1. The zero-order valence-electron chi connectivity index (χ0n) is 15.5. The van der Waals surface area contributed by atoms with Crippen LogP contribution in [0.5, 0.6) is 5.75 Å². The van der Waals surface area contributed by atoms with Crippen molar-refractivity contribution in [3.63, 3.8) is 0 Å². The standard InChI is InChI=1S/C19H23ClN4O3/c1-3-9-21-18(25)16-14-6-4-5-10-24(14)17(23-16)19(26)22-12-7-8-15(27-2)13(20)11-12/h7-8,11H,3-6,9-10H2,1-2H3,(H,21,25)(H,22,26). The molecule has 2 N–H and O–H groups in total. The quantitative estimate of drug-likeness (QED) is 0.792. The molecule has 2 aromatic rings. The van der Waals surface area contributed by atoms with E-state index in [0.717, 1.165) is 31.4 Å². The summed E-state index contributed by atoms with van der Waals surface area (Å²) in [6, 6.07) is 5.01. The maximum Gasteiger partial charge on any atom is 0.291 e. The largest absolute Gasteiger partial charge is 0.495 e. The predicted octanol–water partition coefficient (Wildman–Crippen LogP) is 3.27. The van der Waals surface area contributed by atoms with E-state index in [9.17, 15) is 9.59 Å². The van der Waals surface area contributed by atoms with E-state index in [-0.39, 0.29) is 17.6 Å². The number of anilines is 1. The highest BCUT2D eigenvalue weighted by molar-refractivity contribution is 6.32. The Morgan fingerprint density at radius 1 is 1.30 bits per heavy atom. The molecule has 0 fully saturated rings. The number of nitrogens with one attached hydrogen (secondary N) is 2. The Kier molecular flexibility index (Phi) is 6.01. The number of carbonyl (C=O) groups is 2. The summed E-state index contributed by atoms with van der Waals surface area (Å²) in [5.74, 6) is 0.184. The lowest BCUT2D eigenvalue weighted by Gasteiger charge is -2.17. The van der Waals surface area contributed by atoms with Gasteiger partial charge in [0.25, 0.3) is 11.8 Å². The van der Waals surface area contributed by atoms with Crippen molar-refractivity contribution < 1.29 is 14.3 Å². The van der Waals surface area contributed by atoms with Crippen molar-refractivity contribution in [2.24, 2.45) is 0 Å². The number of ether oxygens (including phenoxy) is 1. The van der Waals surface area contributed by atoms with Gasteiger partial charge in [0.1, 0.15) is 11.4 Å². The summed E-state index contributed by atoms with van der Waals surface area (Å²) in [7, 11) is 1.53. The highest BCUT2D eigenvalue weighted by Crippen LogP contribution is 2.28. The first-order valence-electron chi connectivity index (χ1n) is 9.07. The molecule has 144 valence electrons. The normalized spacial score (nSPS) is 13.0.